The summed E-state index contributed by atoms with van der Waals surface area (Å²) in [5.74, 6) is 0.0738. The summed E-state index contributed by atoms with van der Waals surface area (Å²) in [5, 5.41) is -1.06. The van der Waals surface area contributed by atoms with Crippen LogP contribution in [0.5, 0.6) is 0 Å². The van der Waals surface area contributed by atoms with Gasteiger partial charge in [-0.2, -0.15) is 0 Å². The molecule has 40 heavy (non-hydrogen) atoms. The molecule has 1 aromatic heterocycles. The molecule has 0 fully saturated rings. The number of unbranched alkanes of at least 4 members (excludes halogenated alkanes) is 14. The number of aromatic nitrogens is 2. The van der Waals surface area contributed by atoms with Crippen LogP contribution in [0.25, 0.3) is 11.0 Å². The molecule has 218 valence electrons. The van der Waals surface area contributed by atoms with Gasteiger partial charge in [-0.15, -0.1) is 0 Å². The van der Waals surface area contributed by atoms with E-state index >= 15 is 0 Å². The van der Waals surface area contributed by atoms with Crippen molar-refractivity contribution in [2.24, 2.45) is 5.92 Å². The topological polar surface area (TPSA) is 143 Å². The van der Waals surface area contributed by atoms with E-state index in [1.54, 1.807) is 0 Å². The van der Waals surface area contributed by atoms with Crippen molar-refractivity contribution in [1.29, 1.82) is 0 Å². The number of aromatic amines is 1. The molecule has 0 radical (unpaired) electrons. The summed E-state index contributed by atoms with van der Waals surface area (Å²) in [6.07, 6.45) is 19.6. The first-order valence-corrected chi connectivity index (χ1v) is 17.3. The molecule has 0 aliphatic heterocycles. The minimum absolute atomic E-state index is 0. The molecule has 2 aromatic rings. The number of hydrogen-bond acceptors (Lipinski definition) is 7. The Hall–Kier alpha value is 1.78. The van der Waals surface area contributed by atoms with E-state index in [2.05, 4.69) is 16.9 Å². The largest absolute Gasteiger partial charge is 1.00 e. The summed E-state index contributed by atoms with van der Waals surface area (Å²) in [5.41, 5.74) is 0.871. The van der Waals surface area contributed by atoms with Gasteiger partial charge in [0.05, 0.1) is 26.0 Å². The number of benzene rings is 1. The van der Waals surface area contributed by atoms with E-state index in [1.165, 1.54) is 102 Å². The van der Waals surface area contributed by atoms with E-state index in [-0.39, 0.29) is 114 Å². The van der Waals surface area contributed by atoms with Crippen LogP contribution < -0.4 is 103 Å². The van der Waals surface area contributed by atoms with Crippen molar-refractivity contribution in [3.63, 3.8) is 0 Å². The summed E-state index contributed by atoms with van der Waals surface area (Å²) in [7, 11) is -9.05. The van der Waals surface area contributed by atoms with Crippen LogP contribution in [0.1, 0.15) is 122 Å². The molecule has 2 rings (SSSR count). The Morgan fingerprint density at radius 3 is 1.70 bits per heavy atom. The van der Waals surface area contributed by atoms with Gasteiger partial charge in [-0.1, -0.05) is 103 Å². The maximum atomic E-state index is 11.8. The van der Waals surface area contributed by atoms with E-state index in [1.807, 2.05) is 0 Å². The Labute approximate surface area is 327 Å². The number of fused-ring (bicyclic) bond motifs is 1. The summed E-state index contributed by atoms with van der Waals surface area (Å²) in [4.78, 5) is 7.04. The van der Waals surface area contributed by atoms with Gasteiger partial charge in [-0.05, 0) is 37.5 Å². The molecule has 0 spiro atoms. The van der Waals surface area contributed by atoms with E-state index in [9.17, 15) is 25.9 Å². The van der Waals surface area contributed by atoms with Gasteiger partial charge < -0.3 is 14.1 Å². The summed E-state index contributed by atoms with van der Waals surface area (Å²) in [6, 6.07) is 3.87. The summed E-state index contributed by atoms with van der Waals surface area (Å²) in [6.45, 7) is 3.69. The molecule has 0 aliphatic carbocycles. The van der Waals surface area contributed by atoms with E-state index < -0.39 is 31.4 Å². The molecule has 1 heterocycles. The third kappa shape index (κ3) is 16.7. The van der Waals surface area contributed by atoms with E-state index in [0.29, 0.717) is 23.3 Å². The van der Waals surface area contributed by atoms with Gasteiger partial charge in [0.15, 0.2) is 0 Å². The van der Waals surface area contributed by atoms with Gasteiger partial charge in [0, 0.05) is 11.7 Å². The minimum Gasteiger partial charge on any atom is -0.748 e. The molecule has 0 aliphatic rings. The van der Waals surface area contributed by atoms with Crippen molar-refractivity contribution in [3.05, 3.63) is 24.0 Å². The SMILES string of the molecule is CCCCCCCCCCCCCCCCCC(Cc1nc2ccc(S(=O)(=O)[O-])cc2[nH]1)C(C)S(=O)(=O)[O-].[K+].[K+]. The first kappa shape index (κ1) is 41.8. The monoisotopic (exact) mass is 648 g/mol. The minimum atomic E-state index is -4.59. The van der Waals surface area contributed by atoms with E-state index in [4.69, 9.17) is 0 Å². The fraction of sp³-hybridized carbons (Fsp3) is 0.750. The molecule has 0 bridgehead atoms. The Morgan fingerprint density at radius 1 is 0.775 bits per heavy atom. The fourth-order valence-electron chi connectivity index (χ4n) is 5.06. The number of rotatable bonds is 21. The summed E-state index contributed by atoms with van der Waals surface area (Å²) < 4.78 is 69.2. The van der Waals surface area contributed by atoms with Crippen LogP contribution in [0.4, 0.5) is 0 Å². The predicted octanol–water partition coefficient (Wildman–Crippen LogP) is 0.829. The molecule has 1 N–H and O–H groups in total. The first-order valence-electron chi connectivity index (χ1n) is 14.4. The first-order chi connectivity index (χ1) is 18.0. The third-order valence-electron chi connectivity index (χ3n) is 7.54. The molecular formula is C28H46K2N2O6S2. The second-order valence-corrected chi connectivity index (χ2v) is 13.8. The molecule has 0 saturated carbocycles. The van der Waals surface area contributed by atoms with Crippen molar-refractivity contribution in [1.82, 2.24) is 9.97 Å². The molecule has 2 unspecified atom stereocenters. The second kappa shape index (κ2) is 22.3. The third-order valence-corrected chi connectivity index (χ3v) is 9.67. The second-order valence-electron chi connectivity index (χ2n) is 10.7. The summed E-state index contributed by atoms with van der Waals surface area (Å²) >= 11 is 0. The normalized spacial score (nSPS) is 13.5. The number of nitrogens with zero attached hydrogens (tertiary/aromatic N) is 1. The average molecular weight is 649 g/mol. The van der Waals surface area contributed by atoms with Gasteiger partial charge in [0.2, 0.25) is 0 Å². The zero-order valence-electron chi connectivity index (χ0n) is 25.1. The smallest absolute Gasteiger partial charge is 0.748 e. The van der Waals surface area contributed by atoms with Crippen molar-refractivity contribution in [3.8, 4) is 0 Å². The van der Waals surface area contributed by atoms with Crippen molar-refractivity contribution in [2.75, 3.05) is 0 Å². The number of nitrogens with one attached hydrogen (secondary N) is 1. The van der Waals surface area contributed by atoms with Crippen LogP contribution in [0.2, 0.25) is 0 Å². The van der Waals surface area contributed by atoms with Gasteiger partial charge >= 0.3 is 103 Å². The maximum absolute atomic E-state index is 11.8. The van der Waals surface area contributed by atoms with Crippen LogP contribution >= 0.6 is 0 Å². The van der Waals surface area contributed by atoms with Crippen LogP contribution in [-0.4, -0.2) is 41.2 Å². The number of hydrogen-bond donors (Lipinski definition) is 1. The molecule has 2 atom stereocenters. The van der Waals surface area contributed by atoms with Crippen molar-refractivity contribution < 1.29 is 129 Å². The molecule has 1 aromatic carbocycles. The van der Waals surface area contributed by atoms with Gasteiger partial charge in [-0.25, -0.2) is 21.8 Å². The van der Waals surface area contributed by atoms with E-state index in [0.717, 1.165) is 19.3 Å². The van der Waals surface area contributed by atoms with Crippen molar-refractivity contribution in [2.45, 2.75) is 133 Å². The zero-order valence-corrected chi connectivity index (χ0v) is 33.0. The zero-order chi connectivity index (χ0) is 28.0. The number of imidazole rings is 1. The molecular weight excluding hydrogens is 603 g/mol. The molecule has 0 amide bonds. The van der Waals surface area contributed by atoms with Gasteiger partial charge in [0.1, 0.15) is 15.9 Å². The van der Waals surface area contributed by atoms with Crippen LogP contribution in [0.15, 0.2) is 23.1 Å². The van der Waals surface area contributed by atoms with Gasteiger partial charge in [-0.3, -0.25) is 0 Å². The molecule has 8 nitrogen and oxygen atoms in total. The average Bonchev–Trinajstić information content (AvgIpc) is 3.25. The van der Waals surface area contributed by atoms with Gasteiger partial charge in [0.25, 0.3) is 0 Å². The maximum Gasteiger partial charge on any atom is 1.00 e. The quantitative estimate of drug-likeness (QED) is 0.120. The fourth-order valence-corrected chi connectivity index (χ4v) is 6.26. The molecule has 12 heteroatoms. The van der Waals surface area contributed by atoms with Crippen LogP contribution in [0, 0.1) is 5.92 Å². The Morgan fingerprint density at radius 2 is 1.25 bits per heavy atom. The Bertz CT molecular complexity index is 1170. The van der Waals surface area contributed by atoms with Crippen LogP contribution in [0.3, 0.4) is 0 Å². The number of H-pyrrole nitrogens is 1. The standard InChI is InChI=1S/C28H48N2O6S2.2K/c1-3-4-5-6-7-8-9-10-11-12-13-14-15-16-17-18-24(23(2)37(31,32)33)21-28-29-26-20-19-25(38(34,35)36)22-27(26)30-28;;/h19-20,22-24H,3-18,21H2,1-2H3,(H,29,30)(H,31,32,33)(H,34,35,36);;/q;2*+1/p-2. The predicted molar refractivity (Wildman–Crippen MR) is 150 cm³/mol. The van der Waals surface area contributed by atoms with Crippen LogP contribution in [-0.2, 0) is 26.7 Å². The Balaban J connectivity index is 0.00000760. The molecule has 0 saturated heterocycles. The Kier molecular flexibility index (Phi) is 23.3. The van der Waals surface area contributed by atoms with Crippen molar-refractivity contribution >= 4 is 31.3 Å².